The quantitative estimate of drug-likeness (QED) is 0.313. The molecule has 3 aromatic rings. The third-order valence-corrected chi connectivity index (χ3v) is 8.56. The Morgan fingerprint density at radius 3 is 2.41 bits per heavy atom. The molecule has 1 saturated carbocycles. The largest absolute Gasteiger partial charge is 0.476 e. The molecule has 10 nitrogen and oxygen atoms in total. The van der Waals surface area contributed by atoms with Gasteiger partial charge in [0.15, 0.2) is 5.69 Å². The predicted octanol–water partition coefficient (Wildman–Crippen LogP) is 5.19. The number of aryl methyl sites for hydroxylation is 1. The standard InChI is InChI=1S/C28H34N4O6S/c1-5-18(3)31-39(36,37)24-16-21(29-26(33)20-8-6-7-9-20)12-15-23(24)38-27-19(4)25(28(34)35)30-32(27)22-13-10-17(2)11-14-22/h10-16,18,20,31H,5-9H2,1-4H3,(H,29,33)(H,34,35). The van der Waals surface area contributed by atoms with E-state index in [-0.39, 0.29) is 45.6 Å². The van der Waals surface area contributed by atoms with Crippen molar-refractivity contribution in [2.24, 2.45) is 5.92 Å². The maximum atomic E-state index is 13.5. The fourth-order valence-corrected chi connectivity index (χ4v) is 5.97. The zero-order valence-corrected chi connectivity index (χ0v) is 23.3. The number of ether oxygens (including phenoxy) is 1. The van der Waals surface area contributed by atoms with Crippen LogP contribution in [0.25, 0.3) is 5.69 Å². The van der Waals surface area contributed by atoms with E-state index in [2.05, 4.69) is 15.1 Å². The molecule has 1 aromatic heterocycles. The first-order valence-electron chi connectivity index (χ1n) is 13.0. The Balaban J connectivity index is 1.79. The van der Waals surface area contributed by atoms with Crippen molar-refractivity contribution in [2.45, 2.75) is 70.7 Å². The van der Waals surface area contributed by atoms with Crippen LogP contribution in [0.2, 0.25) is 0 Å². The highest BCUT2D eigenvalue weighted by molar-refractivity contribution is 7.89. The first kappa shape index (κ1) is 28.3. The number of anilines is 1. The lowest BCUT2D eigenvalue weighted by atomic mass is 10.1. The lowest BCUT2D eigenvalue weighted by molar-refractivity contribution is -0.119. The molecule has 0 radical (unpaired) electrons. The van der Waals surface area contributed by atoms with E-state index in [1.807, 2.05) is 26.0 Å². The topological polar surface area (TPSA) is 140 Å². The number of nitrogens with zero attached hydrogens (tertiary/aromatic N) is 2. The molecule has 1 aliphatic rings. The summed E-state index contributed by atoms with van der Waals surface area (Å²) in [5.74, 6) is -1.43. The second-order valence-electron chi connectivity index (χ2n) is 10.00. The predicted molar refractivity (Wildman–Crippen MR) is 147 cm³/mol. The van der Waals surface area contributed by atoms with E-state index in [9.17, 15) is 23.1 Å². The summed E-state index contributed by atoms with van der Waals surface area (Å²) in [5, 5.41) is 16.8. The zero-order valence-electron chi connectivity index (χ0n) is 22.5. The molecule has 1 fully saturated rings. The molecule has 4 rings (SSSR count). The van der Waals surface area contributed by atoms with Crippen LogP contribution < -0.4 is 14.8 Å². The van der Waals surface area contributed by atoms with Crippen molar-refractivity contribution < 1.29 is 27.9 Å². The summed E-state index contributed by atoms with van der Waals surface area (Å²) in [6.07, 6.45) is 4.17. The molecule has 1 aliphatic carbocycles. The van der Waals surface area contributed by atoms with Gasteiger partial charge in [-0.3, -0.25) is 4.79 Å². The molecule has 2 aromatic carbocycles. The highest BCUT2D eigenvalue weighted by atomic mass is 32.2. The van der Waals surface area contributed by atoms with Crippen LogP contribution in [-0.2, 0) is 14.8 Å². The minimum Gasteiger partial charge on any atom is -0.476 e. The van der Waals surface area contributed by atoms with Crippen molar-refractivity contribution in [3.63, 3.8) is 0 Å². The number of rotatable bonds is 10. The van der Waals surface area contributed by atoms with Gasteiger partial charge in [-0.05, 0) is 70.4 Å². The van der Waals surface area contributed by atoms with Gasteiger partial charge in [0, 0.05) is 23.2 Å². The third kappa shape index (κ3) is 6.31. The van der Waals surface area contributed by atoms with E-state index in [0.29, 0.717) is 17.8 Å². The normalized spacial score (nSPS) is 14.8. The summed E-state index contributed by atoms with van der Waals surface area (Å²) in [5.41, 5.74) is 1.91. The van der Waals surface area contributed by atoms with Crippen molar-refractivity contribution in [1.29, 1.82) is 0 Å². The zero-order chi connectivity index (χ0) is 28.3. The summed E-state index contributed by atoms with van der Waals surface area (Å²) < 4.78 is 37.1. The number of carboxylic acids is 1. The number of hydrogen-bond donors (Lipinski definition) is 3. The average Bonchev–Trinajstić information content (AvgIpc) is 3.54. The van der Waals surface area contributed by atoms with Gasteiger partial charge in [0.25, 0.3) is 0 Å². The van der Waals surface area contributed by atoms with Gasteiger partial charge >= 0.3 is 5.97 Å². The van der Waals surface area contributed by atoms with E-state index in [1.165, 1.54) is 16.8 Å². The summed E-state index contributed by atoms with van der Waals surface area (Å²) in [6.45, 7) is 7.09. The van der Waals surface area contributed by atoms with Crippen LogP contribution in [-0.4, -0.2) is 41.2 Å². The van der Waals surface area contributed by atoms with E-state index < -0.39 is 16.0 Å². The van der Waals surface area contributed by atoms with Crippen LogP contribution in [0.15, 0.2) is 47.4 Å². The van der Waals surface area contributed by atoms with E-state index in [4.69, 9.17) is 4.74 Å². The van der Waals surface area contributed by atoms with Gasteiger partial charge in [-0.1, -0.05) is 37.5 Å². The molecule has 39 heavy (non-hydrogen) atoms. The number of carbonyl (C=O) groups is 2. The summed E-state index contributed by atoms with van der Waals surface area (Å²) in [7, 11) is -4.08. The monoisotopic (exact) mass is 554 g/mol. The number of aromatic nitrogens is 2. The van der Waals surface area contributed by atoms with Crippen molar-refractivity contribution in [3.05, 3.63) is 59.3 Å². The first-order chi connectivity index (χ1) is 18.5. The molecule has 3 N–H and O–H groups in total. The number of aromatic carboxylic acids is 1. The van der Waals surface area contributed by atoms with Crippen LogP contribution in [0.4, 0.5) is 5.69 Å². The van der Waals surface area contributed by atoms with Crippen molar-refractivity contribution in [1.82, 2.24) is 14.5 Å². The smallest absolute Gasteiger partial charge is 0.356 e. The van der Waals surface area contributed by atoms with Crippen LogP contribution in [0.5, 0.6) is 11.6 Å². The lowest BCUT2D eigenvalue weighted by Gasteiger charge is -2.18. The van der Waals surface area contributed by atoms with Crippen molar-refractivity contribution in [3.8, 4) is 17.3 Å². The van der Waals surface area contributed by atoms with E-state index >= 15 is 0 Å². The van der Waals surface area contributed by atoms with Crippen molar-refractivity contribution >= 4 is 27.6 Å². The summed E-state index contributed by atoms with van der Waals surface area (Å²) >= 11 is 0. The van der Waals surface area contributed by atoms with Gasteiger partial charge in [-0.25, -0.2) is 17.9 Å². The van der Waals surface area contributed by atoms with Gasteiger partial charge in [-0.2, -0.15) is 9.78 Å². The van der Waals surface area contributed by atoms with Gasteiger partial charge in [0.2, 0.25) is 21.8 Å². The number of hydrogen-bond acceptors (Lipinski definition) is 6. The second-order valence-corrected chi connectivity index (χ2v) is 11.7. The first-order valence-corrected chi connectivity index (χ1v) is 14.5. The number of amides is 1. The minimum atomic E-state index is -4.08. The molecule has 1 atom stereocenters. The number of nitrogens with one attached hydrogen (secondary N) is 2. The SMILES string of the molecule is CCC(C)NS(=O)(=O)c1cc(NC(=O)C2CCCC2)ccc1Oc1c(C)c(C(=O)O)nn1-c1ccc(C)cc1. The van der Waals surface area contributed by atoms with Gasteiger partial charge in [0.1, 0.15) is 10.6 Å². The highest BCUT2D eigenvalue weighted by Gasteiger charge is 2.28. The van der Waals surface area contributed by atoms with Gasteiger partial charge < -0.3 is 15.2 Å². The maximum absolute atomic E-state index is 13.5. The Morgan fingerprint density at radius 2 is 1.79 bits per heavy atom. The molecule has 1 unspecified atom stereocenters. The molecule has 1 heterocycles. The number of benzene rings is 2. The molecular weight excluding hydrogens is 520 g/mol. The molecule has 208 valence electrons. The van der Waals surface area contributed by atoms with Crippen LogP contribution in [0, 0.1) is 19.8 Å². The Kier molecular flexibility index (Phi) is 8.41. The average molecular weight is 555 g/mol. The lowest BCUT2D eigenvalue weighted by Crippen LogP contribution is -2.32. The number of carbonyl (C=O) groups excluding carboxylic acids is 1. The Labute approximate surface area is 228 Å². The highest BCUT2D eigenvalue weighted by Crippen LogP contribution is 2.36. The Hall–Kier alpha value is -3.70. The summed E-state index contributed by atoms with van der Waals surface area (Å²) in [6, 6.07) is 11.3. The van der Waals surface area contributed by atoms with Gasteiger partial charge in [0.05, 0.1) is 5.69 Å². The van der Waals surface area contributed by atoms with Gasteiger partial charge in [-0.15, -0.1) is 0 Å². The molecule has 0 aliphatic heterocycles. The number of carboxylic acid groups (broad SMARTS) is 1. The summed E-state index contributed by atoms with van der Waals surface area (Å²) in [4.78, 5) is 24.4. The minimum absolute atomic E-state index is 0.0297. The number of sulfonamides is 1. The molecule has 0 bridgehead atoms. The van der Waals surface area contributed by atoms with Crippen molar-refractivity contribution in [2.75, 3.05) is 5.32 Å². The van der Waals surface area contributed by atoms with Crippen LogP contribution >= 0.6 is 0 Å². The molecule has 0 spiro atoms. The maximum Gasteiger partial charge on any atom is 0.356 e. The second kappa shape index (κ2) is 11.6. The fourth-order valence-electron chi connectivity index (χ4n) is 4.49. The molecule has 1 amide bonds. The van der Waals surface area contributed by atoms with Crippen LogP contribution in [0.1, 0.15) is 67.6 Å². The third-order valence-electron chi connectivity index (χ3n) is 6.95. The van der Waals surface area contributed by atoms with Crippen LogP contribution in [0.3, 0.4) is 0 Å². The molecule has 11 heteroatoms. The molecule has 0 saturated heterocycles. The Morgan fingerprint density at radius 1 is 1.13 bits per heavy atom. The molecular formula is C28H34N4O6S. The van der Waals surface area contributed by atoms with E-state index in [0.717, 1.165) is 31.2 Å². The van der Waals surface area contributed by atoms with E-state index in [1.54, 1.807) is 32.0 Å². The fraction of sp³-hybridized carbons (Fsp3) is 0.393. The Bertz CT molecular complexity index is 1470.